The molecule has 0 aliphatic heterocycles. The standard InChI is InChI=1S/C2N4O3/c3-1-5(6(7)8)9-2-4. The number of nitro groups is 1. The smallest absolute Gasteiger partial charge is 0.231 e. The molecule has 7 heteroatoms. The Morgan fingerprint density at radius 3 is 2.33 bits per heavy atom. The summed E-state index contributed by atoms with van der Waals surface area (Å²) >= 11 is 0. The fraction of sp³-hybridized carbons (Fsp3) is 0. The van der Waals surface area contributed by atoms with E-state index in [4.69, 9.17) is 10.5 Å². The van der Waals surface area contributed by atoms with E-state index in [2.05, 4.69) is 4.84 Å². The van der Waals surface area contributed by atoms with Gasteiger partial charge in [-0.3, -0.25) is 0 Å². The summed E-state index contributed by atoms with van der Waals surface area (Å²) in [7, 11) is 0. The number of nitrogens with zero attached hydrogens (tertiary/aromatic N) is 4. The number of rotatable bonds is 2. The Labute approximate surface area is 49.3 Å². The molecule has 0 aromatic rings. The number of hydrogen-bond acceptors (Lipinski definition) is 5. The van der Waals surface area contributed by atoms with Gasteiger partial charge in [0.25, 0.3) is 6.19 Å². The summed E-state index contributed by atoms with van der Waals surface area (Å²) in [6.07, 6.45) is 1.95. The summed E-state index contributed by atoms with van der Waals surface area (Å²) in [6.45, 7) is 0. The van der Waals surface area contributed by atoms with Gasteiger partial charge in [0, 0.05) is 0 Å². The van der Waals surface area contributed by atoms with Crippen molar-refractivity contribution in [3.63, 3.8) is 0 Å². The van der Waals surface area contributed by atoms with E-state index in [1.807, 2.05) is 0 Å². The second kappa shape index (κ2) is 3.04. The van der Waals surface area contributed by atoms with E-state index < -0.39 is 5.03 Å². The van der Waals surface area contributed by atoms with Gasteiger partial charge < -0.3 is 0 Å². The zero-order valence-corrected chi connectivity index (χ0v) is 4.01. The molecule has 0 heterocycles. The van der Waals surface area contributed by atoms with Crippen molar-refractivity contribution in [3.8, 4) is 12.4 Å². The lowest BCUT2D eigenvalue weighted by molar-refractivity contribution is -0.703. The van der Waals surface area contributed by atoms with Crippen LogP contribution in [0.4, 0.5) is 0 Å². The molecular formula is C2N4O3. The lowest BCUT2D eigenvalue weighted by Gasteiger charge is -1.93. The maximum atomic E-state index is 9.55. The Hall–Kier alpha value is -2.02. The first-order valence-electron chi connectivity index (χ1n) is 1.62. The molecule has 0 amide bonds. The minimum atomic E-state index is -1.16. The highest BCUT2D eigenvalue weighted by Crippen LogP contribution is 1.83. The first kappa shape index (κ1) is 6.98. The molecular weight excluding hydrogens is 128 g/mol. The van der Waals surface area contributed by atoms with Crippen LogP contribution in [0.3, 0.4) is 0 Å². The fourth-order valence-electron chi connectivity index (χ4n) is 0.129. The quantitative estimate of drug-likeness (QED) is 0.212. The third-order valence-electron chi connectivity index (χ3n) is 0.361. The van der Waals surface area contributed by atoms with Gasteiger partial charge >= 0.3 is 6.26 Å². The zero-order chi connectivity index (χ0) is 7.28. The monoisotopic (exact) mass is 128 g/mol. The van der Waals surface area contributed by atoms with E-state index in [0.717, 1.165) is 12.4 Å². The van der Waals surface area contributed by atoms with E-state index in [1.54, 1.807) is 0 Å². The highest BCUT2D eigenvalue weighted by Gasteiger charge is 2.13. The van der Waals surface area contributed by atoms with Gasteiger partial charge in [0.05, 0.1) is 0 Å². The molecule has 46 valence electrons. The summed E-state index contributed by atoms with van der Waals surface area (Å²) in [6, 6.07) is 0. The van der Waals surface area contributed by atoms with Gasteiger partial charge in [-0.15, -0.1) is 5.26 Å². The lowest BCUT2D eigenvalue weighted by Crippen LogP contribution is -2.22. The predicted octanol–water partition coefficient (Wildman–Crippen LogP) is -0.626. The van der Waals surface area contributed by atoms with E-state index in [0.29, 0.717) is 0 Å². The topological polar surface area (TPSA) is 103 Å². The Kier molecular flexibility index (Phi) is 2.36. The van der Waals surface area contributed by atoms with Crippen molar-refractivity contribution in [3.05, 3.63) is 10.1 Å². The molecule has 0 spiro atoms. The van der Waals surface area contributed by atoms with Gasteiger partial charge in [-0.2, -0.15) is 5.26 Å². The fourth-order valence-corrected chi connectivity index (χ4v) is 0.129. The van der Waals surface area contributed by atoms with E-state index in [1.165, 1.54) is 0 Å². The molecule has 0 aromatic carbocycles. The number of hydrazine groups is 1. The van der Waals surface area contributed by atoms with E-state index in [-0.39, 0.29) is 5.17 Å². The molecule has 7 nitrogen and oxygen atoms in total. The van der Waals surface area contributed by atoms with Crippen molar-refractivity contribution in [2.75, 3.05) is 0 Å². The molecule has 0 aliphatic carbocycles. The van der Waals surface area contributed by atoms with Gasteiger partial charge in [-0.05, 0) is 0 Å². The molecule has 0 rings (SSSR count). The van der Waals surface area contributed by atoms with Crippen LogP contribution in [-0.2, 0) is 4.84 Å². The number of nitriles is 2. The summed E-state index contributed by atoms with van der Waals surface area (Å²) in [5, 5.41) is 23.5. The first-order chi connectivity index (χ1) is 4.22. The summed E-state index contributed by atoms with van der Waals surface area (Å²) < 4.78 is 0. The van der Waals surface area contributed by atoms with Crippen molar-refractivity contribution >= 4 is 0 Å². The molecule has 0 aliphatic rings. The van der Waals surface area contributed by atoms with Crippen LogP contribution in [0.2, 0.25) is 0 Å². The van der Waals surface area contributed by atoms with Gasteiger partial charge in [0.1, 0.15) is 0 Å². The van der Waals surface area contributed by atoms with Crippen LogP contribution in [-0.4, -0.2) is 10.2 Å². The Bertz CT molecular complexity index is 187. The molecule has 0 saturated carbocycles. The molecule has 0 aromatic heterocycles. The van der Waals surface area contributed by atoms with Crippen LogP contribution in [0.15, 0.2) is 0 Å². The Morgan fingerprint density at radius 1 is 1.67 bits per heavy atom. The van der Waals surface area contributed by atoms with Crippen LogP contribution < -0.4 is 0 Å². The minimum absolute atomic E-state index is 0.361. The van der Waals surface area contributed by atoms with Crippen LogP contribution in [0, 0.1) is 33.1 Å². The third-order valence-corrected chi connectivity index (χ3v) is 0.361. The van der Waals surface area contributed by atoms with Crippen molar-refractivity contribution in [1.29, 1.82) is 10.5 Å². The summed E-state index contributed by atoms with van der Waals surface area (Å²) in [4.78, 5) is 13.1. The van der Waals surface area contributed by atoms with Gasteiger partial charge in [0.15, 0.2) is 5.17 Å². The molecule has 0 saturated heterocycles. The van der Waals surface area contributed by atoms with Crippen molar-refractivity contribution < 1.29 is 9.87 Å². The minimum Gasteiger partial charge on any atom is -0.231 e. The van der Waals surface area contributed by atoms with E-state index in [9.17, 15) is 10.1 Å². The third kappa shape index (κ3) is 1.94. The Balaban J connectivity index is 3.91. The molecule has 0 fully saturated rings. The molecule has 0 radical (unpaired) electrons. The number of hydroxylamine groups is 1. The van der Waals surface area contributed by atoms with Gasteiger partial charge in [-0.25, -0.2) is 15.0 Å². The maximum Gasteiger partial charge on any atom is 0.321 e. The average molecular weight is 128 g/mol. The normalized spacial score (nSPS) is 6.44. The molecule has 9 heavy (non-hydrogen) atoms. The van der Waals surface area contributed by atoms with Crippen molar-refractivity contribution in [1.82, 2.24) is 5.17 Å². The predicted molar refractivity (Wildman–Crippen MR) is 21.1 cm³/mol. The van der Waals surface area contributed by atoms with Crippen molar-refractivity contribution in [2.45, 2.75) is 0 Å². The van der Waals surface area contributed by atoms with Crippen molar-refractivity contribution in [2.24, 2.45) is 0 Å². The molecule has 0 unspecified atom stereocenters. The van der Waals surface area contributed by atoms with Crippen LogP contribution in [0.5, 0.6) is 0 Å². The second-order valence-electron chi connectivity index (χ2n) is 0.793. The van der Waals surface area contributed by atoms with E-state index >= 15 is 0 Å². The Morgan fingerprint density at radius 2 is 2.22 bits per heavy atom. The largest absolute Gasteiger partial charge is 0.321 e. The number of hydrogen-bond donors (Lipinski definition) is 0. The van der Waals surface area contributed by atoms with Gasteiger partial charge in [0.2, 0.25) is 5.03 Å². The van der Waals surface area contributed by atoms with Crippen LogP contribution in [0.1, 0.15) is 0 Å². The maximum absolute atomic E-state index is 9.55. The highest BCUT2D eigenvalue weighted by atomic mass is 16.8. The summed E-state index contributed by atoms with van der Waals surface area (Å²) in [5.74, 6) is 0. The first-order valence-corrected chi connectivity index (χ1v) is 1.62. The van der Waals surface area contributed by atoms with Crippen LogP contribution in [0.25, 0.3) is 0 Å². The second-order valence-corrected chi connectivity index (χ2v) is 0.793. The molecule has 0 N–H and O–H groups in total. The molecule has 0 atom stereocenters. The SMILES string of the molecule is N#CON(C#N)[N+](=O)[O-]. The van der Waals surface area contributed by atoms with Gasteiger partial charge in [-0.1, -0.05) is 0 Å². The zero-order valence-electron chi connectivity index (χ0n) is 4.01. The lowest BCUT2D eigenvalue weighted by atomic mass is 11.4. The van der Waals surface area contributed by atoms with Crippen LogP contribution >= 0.6 is 0 Å². The molecule has 0 bridgehead atoms. The highest BCUT2D eigenvalue weighted by molar-refractivity contribution is 4.56. The summed E-state index contributed by atoms with van der Waals surface area (Å²) in [5.41, 5.74) is 0. The average Bonchev–Trinajstić information content (AvgIpc) is 1.82.